The van der Waals surface area contributed by atoms with E-state index in [1.54, 1.807) is 6.92 Å². The fourth-order valence-corrected chi connectivity index (χ4v) is 0.690. The third kappa shape index (κ3) is 118. The Bertz CT molecular complexity index is 304. The van der Waals surface area contributed by atoms with Crippen molar-refractivity contribution >= 4 is 127 Å². The van der Waals surface area contributed by atoms with Crippen LogP contribution in [0.15, 0.2) is 22.9 Å². The molecular formula is C15H36B2I5N2O8V. The summed E-state index contributed by atoms with van der Waals surface area (Å²) in [5.74, 6) is 0. The third-order valence-electron chi connectivity index (χ3n) is 1.50. The molecule has 0 aliphatic carbocycles. The van der Waals surface area contributed by atoms with Gasteiger partial charge < -0.3 is 0 Å². The van der Waals surface area contributed by atoms with Gasteiger partial charge in [0.2, 0.25) is 0 Å². The number of ether oxygens (including phenoxy) is 3. The maximum absolute atomic E-state index is 9.23. The molecule has 0 heterocycles. The fourth-order valence-electron chi connectivity index (χ4n) is 0.690. The van der Waals surface area contributed by atoms with Crippen LogP contribution in [0.5, 0.6) is 0 Å². The van der Waals surface area contributed by atoms with E-state index in [1.807, 2.05) is 16.8 Å². The average Bonchev–Trinajstić information content (AvgIpc) is 2.84. The van der Waals surface area contributed by atoms with Crippen LogP contribution in [-0.2, 0) is 33.7 Å². The van der Waals surface area contributed by atoms with Gasteiger partial charge in [0.1, 0.15) is 0 Å². The summed E-state index contributed by atoms with van der Waals surface area (Å²) in [5, 5.41) is 15.7. The van der Waals surface area contributed by atoms with Crippen LogP contribution in [0.3, 0.4) is 0 Å². The molecule has 0 amide bonds. The third-order valence-corrected chi connectivity index (χ3v) is 1.50. The van der Waals surface area contributed by atoms with Crippen LogP contribution in [0.4, 0.5) is 0 Å². The average molecular weight is 1080 g/mol. The van der Waals surface area contributed by atoms with E-state index in [4.69, 9.17) is 27.6 Å². The summed E-state index contributed by atoms with van der Waals surface area (Å²) in [4.78, 5) is 26.6. The molecule has 1 unspecified atom stereocenters. The van der Waals surface area contributed by atoms with Crippen molar-refractivity contribution < 1.29 is 44.2 Å². The molecule has 2 N–H and O–H groups in total. The molecule has 0 bridgehead atoms. The maximum atomic E-state index is 9.23. The van der Waals surface area contributed by atoms with E-state index in [9.17, 15) is 4.79 Å². The zero-order valence-electron chi connectivity index (χ0n) is 18.5. The Morgan fingerprint density at radius 3 is 1.61 bits per heavy atom. The molecule has 0 saturated carbocycles. The molecule has 18 heteroatoms. The number of hydrogen-bond donors (Lipinski definition) is 2. The van der Waals surface area contributed by atoms with E-state index in [0.29, 0.717) is 26.2 Å². The Balaban J connectivity index is -0.0000000422. The molecule has 0 rings (SSSR count). The van der Waals surface area contributed by atoms with Gasteiger partial charge >= 0.3 is 172 Å². The Labute approximate surface area is 267 Å². The molecule has 2 radical (unpaired) electrons. The zero-order chi connectivity index (χ0) is 27.1. The molecule has 200 valence electrons. The summed E-state index contributed by atoms with van der Waals surface area (Å²) >= 11 is 11.7. The Kier molecular flexibility index (Phi) is 130. The molecule has 0 aliphatic heterocycles. The van der Waals surface area contributed by atoms with E-state index >= 15 is 0 Å². The molecule has 1 atom stereocenters. The molecule has 0 aromatic heterocycles. The predicted molar refractivity (Wildman–Crippen MR) is 177 cm³/mol. The first-order chi connectivity index (χ1) is 15.4. The van der Waals surface area contributed by atoms with Crippen molar-refractivity contribution in [1.82, 2.24) is 0 Å². The monoisotopic (exact) mass is 1080 g/mol. The second-order valence-corrected chi connectivity index (χ2v) is 38.6. The van der Waals surface area contributed by atoms with Crippen LogP contribution >= 0.6 is 105 Å². The van der Waals surface area contributed by atoms with Gasteiger partial charge in [-0.15, -0.1) is 13.2 Å². The van der Waals surface area contributed by atoms with Crippen LogP contribution < -0.4 is 0 Å². The molecule has 33 heavy (non-hydrogen) atoms. The Hall–Kier alpha value is 2.93. The molecule has 10 nitrogen and oxygen atoms in total. The van der Waals surface area contributed by atoms with Gasteiger partial charge in [-0.1, -0.05) is 52.6 Å². The summed E-state index contributed by atoms with van der Waals surface area (Å²) in [6.45, 7) is 11.3. The van der Waals surface area contributed by atoms with Gasteiger partial charge in [-0.3, -0.25) is 5.26 Å². The topological polar surface area (TPSA) is 128 Å². The van der Waals surface area contributed by atoms with E-state index < -0.39 is 6.29 Å². The second-order valence-electron chi connectivity index (χ2n) is 3.18. The summed E-state index contributed by atoms with van der Waals surface area (Å²) < 4.78 is 13.9. The van der Waals surface area contributed by atoms with Crippen LogP contribution in [-0.4, -0.2) is 81.7 Å². The first kappa shape index (κ1) is 56.2. The van der Waals surface area contributed by atoms with Crippen molar-refractivity contribution in [2.24, 2.45) is 9.79 Å². The van der Waals surface area contributed by atoms with Crippen molar-refractivity contribution in [3.8, 4) is 0 Å². The number of rotatable bonds is 12. The van der Waals surface area contributed by atoms with E-state index in [1.165, 1.54) is 0 Å². The van der Waals surface area contributed by atoms with Gasteiger partial charge in [0.05, 0.1) is 6.61 Å². The SMILES string of the molecule is C.C=C.CCOO.CI.CI.[B]=NCOC(CCOCC)OO.[B]=NCOC=O.[I][V]([I])[I]. The van der Waals surface area contributed by atoms with Gasteiger partial charge in [0, 0.05) is 0 Å². The normalized spacial score (nSPS) is 8.30. The van der Waals surface area contributed by atoms with Crippen molar-refractivity contribution in [1.29, 1.82) is 0 Å². The summed E-state index contributed by atoms with van der Waals surface area (Å²) in [7, 11) is 9.37. The quantitative estimate of drug-likeness (QED) is 0.0254. The van der Waals surface area contributed by atoms with E-state index in [2.05, 4.69) is 150 Å². The Morgan fingerprint density at radius 2 is 1.39 bits per heavy atom. The van der Waals surface area contributed by atoms with Crippen molar-refractivity contribution in [2.45, 2.75) is 34.0 Å². The van der Waals surface area contributed by atoms with Crippen molar-refractivity contribution in [2.75, 3.05) is 43.1 Å². The molecule has 0 spiro atoms. The number of nitrogens with zero attached hydrogens (tertiary/aromatic N) is 2. The summed E-state index contributed by atoms with van der Waals surface area (Å²) in [6, 6.07) is 0. The predicted octanol–water partition coefficient (Wildman–Crippen LogP) is 6.72. The van der Waals surface area contributed by atoms with Crippen LogP contribution in [0.1, 0.15) is 27.7 Å². The molecule has 0 saturated heterocycles. The van der Waals surface area contributed by atoms with Crippen LogP contribution in [0.25, 0.3) is 0 Å². The standard InChI is InChI=1S/C6H13BNO4.C2H3BNO2.C2H6O2.C2H4.2CH3I.CH4.3HI.V/c1-2-10-4-3-6(12-9)11-5-8-7;3-4-1-6-2-5;1-2-4-3;3*1-2;;;;;/h6,9H,2-5H2,1H3;2H,1H2;3H,2H2,1H3;1-2H2;2*1H3;1H4;3*1H;/q;;;;;;;;;;+3/p-3. The van der Waals surface area contributed by atoms with E-state index in [0.717, 1.165) is 0 Å². The minimum atomic E-state index is -0.719. The first-order valence-corrected chi connectivity index (χ1v) is 25.8. The summed E-state index contributed by atoms with van der Waals surface area (Å²) in [6.07, 6.45) is -0.274. The number of carbonyl (C=O) groups is 1. The van der Waals surface area contributed by atoms with Gasteiger partial charge in [-0.05, 0) is 16.8 Å². The van der Waals surface area contributed by atoms with Crippen LogP contribution in [0.2, 0.25) is 0 Å². The van der Waals surface area contributed by atoms with Crippen LogP contribution in [0, 0.1) is 0 Å². The number of alkyl halides is 2. The number of halogens is 5. The van der Waals surface area contributed by atoms with Gasteiger partial charge in [-0.2, -0.15) is 0 Å². The number of hydrogen-bond acceptors (Lipinski definition) is 10. The minimum absolute atomic E-state index is 0. The molecule has 0 aromatic carbocycles. The molecule has 0 aliphatic rings. The Morgan fingerprint density at radius 1 is 1.00 bits per heavy atom. The zero-order valence-corrected chi connectivity index (χ0v) is 30.7. The van der Waals surface area contributed by atoms with Crippen molar-refractivity contribution in [3.63, 3.8) is 0 Å². The first-order valence-electron chi connectivity index (χ1n) is 7.99. The summed E-state index contributed by atoms with van der Waals surface area (Å²) in [5.41, 5.74) is 0. The second kappa shape index (κ2) is 76.5. The number of carbonyl (C=O) groups excluding carboxylic acids is 1. The molecular weight excluding hydrogens is 1040 g/mol. The fraction of sp³-hybridized carbons (Fsp3) is 0.800. The van der Waals surface area contributed by atoms with Gasteiger partial charge in [0.15, 0.2) is 0 Å². The molecule has 0 aromatic rings. The van der Waals surface area contributed by atoms with Crippen molar-refractivity contribution in [3.05, 3.63) is 13.2 Å². The van der Waals surface area contributed by atoms with E-state index in [-0.39, 0.29) is 32.3 Å². The van der Waals surface area contributed by atoms with Gasteiger partial charge in [0.25, 0.3) is 0 Å². The van der Waals surface area contributed by atoms with Gasteiger partial charge in [-0.25, -0.2) is 4.89 Å². The molecule has 0 fully saturated rings.